The number of anilines is 1. The fourth-order valence-electron chi connectivity index (χ4n) is 2.02. The molecule has 5 nitrogen and oxygen atoms in total. The Labute approximate surface area is 130 Å². The first-order valence-electron chi connectivity index (χ1n) is 7.11. The molecule has 0 unspecified atom stereocenters. The van der Waals surface area contributed by atoms with Crippen molar-refractivity contribution in [3.05, 3.63) is 54.6 Å². The maximum atomic E-state index is 10.6. The fraction of sp³-hybridized carbons (Fsp3) is 0.235. The monoisotopic (exact) mass is 300 g/mol. The van der Waals surface area contributed by atoms with Crippen LogP contribution in [0.4, 0.5) is 10.5 Å². The summed E-state index contributed by atoms with van der Waals surface area (Å²) in [5, 5.41) is 0. The lowest BCUT2D eigenvalue weighted by molar-refractivity contribution is 0.211. The van der Waals surface area contributed by atoms with E-state index in [9.17, 15) is 4.79 Å². The second-order valence-electron chi connectivity index (χ2n) is 4.85. The highest BCUT2D eigenvalue weighted by molar-refractivity contribution is 5.68. The smallest absolute Gasteiger partial charge is 0.409 e. The molecule has 1 amide bonds. The van der Waals surface area contributed by atoms with E-state index in [1.54, 1.807) is 24.3 Å². The van der Waals surface area contributed by atoms with Crippen LogP contribution in [0.2, 0.25) is 0 Å². The molecule has 0 spiro atoms. The van der Waals surface area contributed by atoms with Crippen molar-refractivity contribution in [2.45, 2.75) is 6.42 Å². The zero-order chi connectivity index (χ0) is 15.8. The minimum Gasteiger partial charge on any atom is -0.494 e. The quantitative estimate of drug-likeness (QED) is 0.798. The molecule has 2 N–H and O–H groups in total. The third-order valence-electron chi connectivity index (χ3n) is 3.15. The standard InChI is InChI=1S/C17H20N2O3/c1-19(14-6-3-2-4-7-14)12-5-13-21-15-8-10-16(11-9-15)22-17(18)20/h2-4,6-11H,5,12-13H2,1H3,(H2,18,20). The number of para-hydroxylation sites is 1. The number of rotatable bonds is 7. The molecule has 0 atom stereocenters. The largest absolute Gasteiger partial charge is 0.494 e. The summed E-state index contributed by atoms with van der Waals surface area (Å²) in [6.45, 7) is 1.53. The van der Waals surface area contributed by atoms with Crippen LogP contribution < -0.4 is 20.1 Å². The van der Waals surface area contributed by atoms with Gasteiger partial charge in [0.2, 0.25) is 0 Å². The van der Waals surface area contributed by atoms with Crippen molar-refractivity contribution in [1.82, 2.24) is 0 Å². The molecule has 2 aromatic rings. The molecule has 0 aromatic heterocycles. The number of amides is 1. The van der Waals surface area contributed by atoms with Gasteiger partial charge < -0.3 is 20.1 Å². The molecule has 0 saturated carbocycles. The number of nitrogens with zero attached hydrogens (tertiary/aromatic N) is 1. The van der Waals surface area contributed by atoms with Crippen molar-refractivity contribution in [2.24, 2.45) is 5.73 Å². The average molecular weight is 300 g/mol. The summed E-state index contributed by atoms with van der Waals surface area (Å²) in [6.07, 6.45) is 0.0860. The van der Waals surface area contributed by atoms with E-state index in [-0.39, 0.29) is 0 Å². The van der Waals surface area contributed by atoms with Crippen LogP contribution in [0.3, 0.4) is 0 Å². The Morgan fingerprint density at radius 3 is 2.32 bits per heavy atom. The van der Waals surface area contributed by atoms with E-state index in [0.29, 0.717) is 12.4 Å². The molecule has 0 aliphatic rings. The van der Waals surface area contributed by atoms with Crippen LogP contribution in [0.5, 0.6) is 11.5 Å². The Balaban J connectivity index is 1.71. The van der Waals surface area contributed by atoms with Gasteiger partial charge in [-0.2, -0.15) is 0 Å². The van der Waals surface area contributed by atoms with Crippen LogP contribution in [0.1, 0.15) is 6.42 Å². The van der Waals surface area contributed by atoms with E-state index in [4.69, 9.17) is 15.2 Å². The molecule has 0 heterocycles. The molecular formula is C17H20N2O3. The minimum atomic E-state index is -0.822. The van der Waals surface area contributed by atoms with E-state index < -0.39 is 6.09 Å². The van der Waals surface area contributed by atoms with Crippen molar-refractivity contribution in [3.8, 4) is 11.5 Å². The highest BCUT2D eigenvalue weighted by atomic mass is 16.5. The molecule has 22 heavy (non-hydrogen) atoms. The van der Waals surface area contributed by atoms with E-state index in [1.807, 2.05) is 18.2 Å². The van der Waals surface area contributed by atoms with Gasteiger partial charge in [0, 0.05) is 19.3 Å². The Hall–Kier alpha value is -2.69. The van der Waals surface area contributed by atoms with Crippen LogP contribution in [0.25, 0.3) is 0 Å². The molecule has 0 radical (unpaired) electrons. The van der Waals surface area contributed by atoms with Gasteiger partial charge >= 0.3 is 6.09 Å². The van der Waals surface area contributed by atoms with Crippen molar-refractivity contribution in [1.29, 1.82) is 0 Å². The molecule has 0 saturated heterocycles. The van der Waals surface area contributed by atoms with Gasteiger partial charge in [-0.15, -0.1) is 0 Å². The number of carbonyl (C=O) groups excluding carboxylic acids is 1. The maximum absolute atomic E-state index is 10.6. The minimum absolute atomic E-state index is 0.406. The van der Waals surface area contributed by atoms with E-state index in [2.05, 4.69) is 24.1 Å². The summed E-state index contributed by atoms with van der Waals surface area (Å²) in [4.78, 5) is 12.8. The molecule has 0 fully saturated rings. The lowest BCUT2D eigenvalue weighted by Crippen LogP contribution is -2.20. The summed E-state index contributed by atoms with van der Waals surface area (Å²) < 4.78 is 10.4. The van der Waals surface area contributed by atoms with Gasteiger partial charge in [-0.1, -0.05) is 18.2 Å². The predicted molar refractivity (Wildman–Crippen MR) is 86.5 cm³/mol. The van der Waals surface area contributed by atoms with Crippen LogP contribution >= 0.6 is 0 Å². The summed E-state index contributed by atoms with van der Waals surface area (Å²) in [6, 6.07) is 17.0. The lowest BCUT2D eigenvalue weighted by atomic mass is 10.3. The third kappa shape index (κ3) is 5.01. The topological polar surface area (TPSA) is 64.8 Å². The molecule has 5 heteroatoms. The molecule has 0 aliphatic heterocycles. The number of primary amides is 1. The number of nitrogens with two attached hydrogens (primary N) is 1. The number of carbonyl (C=O) groups is 1. The Morgan fingerprint density at radius 1 is 1.05 bits per heavy atom. The van der Waals surface area contributed by atoms with Gasteiger partial charge in [-0.05, 0) is 42.8 Å². The zero-order valence-electron chi connectivity index (χ0n) is 12.6. The predicted octanol–water partition coefficient (Wildman–Crippen LogP) is 3.05. The van der Waals surface area contributed by atoms with Crippen molar-refractivity contribution >= 4 is 11.8 Å². The molecule has 0 aliphatic carbocycles. The normalized spacial score (nSPS) is 10.0. The first-order valence-corrected chi connectivity index (χ1v) is 7.11. The SMILES string of the molecule is CN(CCCOc1ccc(OC(N)=O)cc1)c1ccccc1. The van der Waals surface area contributed by atoms with E-state index in [0.717, 1.165) is 18.7 Å². The lowest BCUT2D eigenvalue weighted by Gasteiger charge is -2.19. The van der Waals surface area contributed by atoms with E-state index >= 15 is 0 Å². The van der Waals surface area contributed by atoms with Crippen LogP contribution in [-0.4, -0.2) is 26.3 Å². The third-order valence-corrected chi connectivity index (χ3v) is 3.15. The Kier molecular flexibility index (Phi) is 5.65. The first kappa shape index (κ1) is 15.7. The van der Waals surface area contributed by atoms with Crippen molar-refractivity contribution < 1.29 is 14.3 Å². The van der Waals surface area contributed by atoms with Crippen LogP contribution in [0.15, 0.2) is 54.6 Å². The number of hydrogen-bond acceptors (Lipinski definition) is 4. The molecule has 116 valence electrons. The Morgan fingerprint density at radius 2 is 1.68 bits per heavy atom. The van der Waals surface area contributed by atoms with E-state index in [1.165, 1.54) is 5.69 Å². The van der Waals surface area contributed by atoms with Gasteiger partial charge in [0.05, 0.1) is 6.61 Å². The molecule has 0 bridgehead atoms. The summed E-state index contributed by atoms with van der Waals surface area (Å²) >= 11 is 0. The van der Waals surface area contributed by atoms with Gasteiger partial charge in [-0.3, -0.25) is 0 Å². The van der Waals surface area contributed by atoms with Crippen molar-refractivity contribution in [2.75, 3.05) is 25.1 Å². The number of benzene rings is 2. The van der Waals surface area contributed by atoms with Gasteiger partial charge in [0.1, 0.15) is 11.5 Å². The molecule has 2 aromatic carbocycles. The highest BCUT2D eigenvalue weighted by Gasteiger charge is 2.01. The molecule has 2 rings (SSSR count). The van der Waals surface area contributed by atoms with Crippen LogP contribution in [0, 0.1) is 0 Å². The number of hydrogen-bond donors (Lipinski definition) is 1. The fourth-order valence-corrected chi connectivity index (χ4v) is 2.02. The summed E-state index contributed by atoms with van der Waals surface area (Å²) in [7, 11) is 2.06. The molecular weight excluding hydrogens is 280 g/mol. The first-order chi connectivity index (χ1) is 10.6. The van der Waals surface area contributed by atoms with Gasteiger partial charge in [0.25, 0.3) is 0 Å². The highest BCUT2D eigenvalue weighted by Crippen LogP contribution is 2.18. The van der Waals surface area contributed by atoms with Gasteiger partial charge in [0.15, 0.2) is 0 Å². The van der Waals surface area contributed by atoms with Crippen molar-refractivity contribution in [3.63, 3.8) is 0 Å². The second-order valence-corrected chi connectivity index (χ2v) is 4.85. The average Bonchev–Trinajstić information content (AvgIpc) is 2.53. The van der Waals surface area contributed by atoms with Crippen LogP contribution in [-0.2, 0) is 0 Å². The zero-order valence-corrected chi connectivity index (χ0v) is 12.6. The maximum Gasteiger partial charge on any atom is 0.409 e. The number of ether oxygens (including phenoxy) is 2. The second kappa shape index (κ2) is 7.93. The summed E-state index contributed by atoms with van der Waals surface area (Å²) in [5.74, 6) is 1.14. The Bertz CT molecular complexity index is 585. The van der Waals surface area contributed by atoms with Gasteiger partial charge in [-0.25, -0.2) is 4.79 Å². The summed E-state index contributed by atoms with van der Waals surface area (Å²) in [5.41, 5.74) is 6.13.